The number of hydrogen-bond acceptors (Lipinski definition) is 6. The average molecular weight is 358 g/mol. The zero-order valence-electron chi connectivity index (χ0n) is 15.0. The quantitative estimate of drug-likeness (QED) is 0.802. The monoisotopic (exact) mass is 358 g/mol. The number of piperazine rings is 1. The number of hydrogen-bond donors (Lipinski definition) is 0. The molecule has 1 fully saturated rings. The maximum Gasteiger partial charge on any atom is 0.227 e. The standard InChI is InChI=1S/C18H22N4O4/c1-13(23)21-9-11-22(12-10-21)17(24)8-7-16-19-18(20-26-16)14-3-5-15(25-2)6-4-14/h3-6H,7-12H2,1-2H3. The molecule has 1 aliphatic heterocycles. The van der Waals surface area contributed by atoms with Crippen LogP contribution in [0.1, 0.15) is 19.2 Å². The molecule has 26 heavy (non-hydrogen) atoms. The van der Waals surface area contributed by atoms with Gasteiger partial charge in [0.2, 0.25) is 23.5 Å². The van der Waals surface area contributed by atoms with Gasteiger partial charge >= 0.3 is 0 Å². The van der Waals surface area contributed by atoms with Gasteiger partial charge in [-0.2, -0.15) is 4.98 Å². The molecule has 8 heteroatoms. The summed E-state index contributed by atoms with van der Waals surface area (Å²) in [5.41, 5.74) is 0.826. The van der Waals surface area contributed by atoms with E-state index in [1.807, 2.05) is 24.3 Å². The fraction of sp³-hybridized carbons (Fsp3) is 0.444. The van der Waals surface area contributed by atoms with Crippen LogP contribution in [0.15, 0.2) is 28.8 Å². The molecule has 2 heterocycles. The van der Waals surface area contributed by atoms with Gasteiger partial charge in [0.25, 0.3) is 0 Å². The minimum absolute atomic E-state index is 0.0393. The highest BCUT2D eigenvalue weighted by Gasteiger charge is 2.22. The Bertz CT molecular complexity index is 764. The molecule has 0 aliphatic carbocycles. The lowest BCUT2D eigenvalue weighted by Gasteiger charge is -2.34. The van der Waals surface area contributed by atoms with Crippen LogP contribution < -0.4 is 4.74 Å². The van der Waals surface area contributed by atoms with Crippen LogP contribution in [0.2, 0.25) is 0 Å². The van der Waals surface area contributed by atoms with E-state index in [0.29, 0.717) is 50.7 Å². The predicted molar refractivity (Wildman–Crippen MR) is 93.4 cm³/mol. The highest BCUT2D eigenvalue weighted by atomic mass is 16.5. The van der Waals surface area contributed by atoms with Gasteiger partial charge in [0.05, 0.1) is 7.11 Å². The summed E-state index contributed by atoms with van der Waals surface area (Å²) in [5.74, 6) is 1.77. The summed E-state index contributed by atoms with van der Waals surface area (Å²) >= 11 is 0. The van der Waals surface area contributed by atoms with Gasteiger partial charge < -0.3 is 19.1 Å². The molecule has 1 aliphatic rings. The first-order chi connectivity index (χ1) is 12.6. The smallest absolute Gasteiger partial charge is 0.227 e. The van der Waals surface area contributed by atoms with Gasteiger partial charge in [-0.1, -0.05) is 5.16 Å². The predicted octanol–water partition coefficient (Wildman–Crippen LogP) is 1.37. The van der Waals surface area contributed by atoms with Gasteiger partial charge in [0, 0.05) is 51.5 Å². The molecule has 8 nitrogen and oxygen atoms in total. The second-order valence-corrected chi connectivity index (χ2v) is 6.13. The number of ether oxygens (including phenoxy) is 1. The van der Waals surface area contributed by atoms with Crippen LogP contribution >= 0.6 is 0 Å². The topological polar surface area (TPSA) is 88.8 Å². The van der Waals surface area contributed by atoms with Gasteiger partial charge in [-0.05, 0) is 24.3 Å². The van der Waals surface area contributed by atoms with Crippen molar-refractivity contribution in [1.29, 1.82) is 0 Å². The number of nitrogens with zero attached hydrogens (tertiary/aromatic N) is 4. The van der Waals surface area contributed by atoms with E-state index in [2.05, 4.69) is 10.1 Å². The molecule has 0 unspecified atom stereocenters. The molecular weight excluding hydrogens is 336 g/mol. The maximum atomic E-state index is 12.3. The normalized spacial score (nSPS) is 14.4. The van der Waals surface area contributed by atoms with Crippen molar-refractivity contribution in [2.24, 2.45) is 0 Å². The molecule has 0 saturated carbocycles. The molecule has 0 N–H and O–H groups in total. The van der Waals surface area contributed by atoms with Gasteiger partial charge in [-0.15, -0.1) is 0 Å². The summed E-state index contributed by atoms with van der Waals surface area (Å²) in [6, 6.07) is 7.37. The van der Waals surface area contributed by atoms with Crippen LogP contribution in [0.25, 0.3) is 11.4 Å². The second kappa shape index (κ2) is 7.99. The maximum absolute atomic E-state index is 12.3. The van der Waals surface area contributed by atoms with Gasteiger partial charge in [-0.3, -0.25) is 9.59 Å². The van der Waals surface area contributed by atoms with E-state index in [1.54, 1.807) is 23.8 Å². The minimum atomic E-state index is 0.0393. The number of aromatic nitrogens is 2. The van der Waals surface area contributed by atoms with Crippen LogP contribution in [-0.2, 0) is 16.0 Å². The fourth-order valence-corrected chi connectivity index (χ4v) is 2.86. The summed E-state index contributed by atoms with van der Waals surface area (Å²) in [7, 11) is 1.61. The number of carbonyl (C=O) groups is 2. The van der Waals surface area contributed by atoms with Crippen LogP contribution in [0.3, 0.4) is 0 Å². The Hall–Kier alpha value is -2.90. The van der Waals surface area contributed by atoms with E-state index >= 15 is 0 Å². The van der Waals surface area contributed by atoms with Gasteiger partial charge in [-0.25, -0.2) is 0 Å². The summed E-state index contributed by atoms with van der Waals surface area (Å²) in [4.78, 5) is 31.5. The molecule has 0 spiro atoms. The first-order valence-electron chi connectivity index (χ1n) is 8.57. The molecule has 0 atom stereocenters. The third-order valence-electron chi connectivity index (χ3n) is 4.45. The van der Waals surface area contributed by atoms with Crippen molar-refractivity contribution < 1.29 is 18.8 Å². The molecular formula is C18H22N4O4. The van der Waals surface area contributed by atoms with E-state index in [4.69, 9.17) is 9.26 Å². The first-order valence-corrected chi connectivity index (χ1v) is 8.57. The number of rotatable bonds is 5. The molecule has 2 amide bonds. The van der Waals surface area contributed by atoms with E-state index < -0.39 is 0 Å². The number of amides is 2. The summed E-state index contributed by atoms with van der Waals surface area (Å²) in [5, 5.41) is 3.97. The highest BCUT2D eigenvalue weighted by Crippen LogP contribution is 2.20. The Morgan fingerprint density at radius 1 is 1.12 bits per heavy atom. The minimum Gasteiger partial charge on any atom is -0.497 e. The summed E-state index contributed by atoms with van der Waals surface area (Å²) in [6.45, 7) is 3.86. The van der Waals surface area contributed by atoms with Crippen LogP contribution in [0.4, 0.5) is 0 Å². The molecule has 138 valence electrons. The first kappa shape index (κ1) is 17.9. The van der Waals surface area contributed by atoms with Gasteiger partial charge in [0.15, 0.2) is 0 Å². The van der Waals surface area contributed by atoms with Crippen LogP contribution in [-0.4, -0.2) is 65.0 Å². The molecule has 0 radical (unpaired) electrons. The lowest BCUT2D eigenvalue weighted by atomic mass is 10.2. The van der Waals surface area contributed by atoms with E-state index in [-0.39, 0.29) is 11.8 Å². The number of methoxy groups -OCH3 is 1. The van der Waals surface area contributed by atoms with Gasteiger partial charge in [0.1, 0.15) is 5.75 Å². The number of aryl methyl sites for hydroxylation is 1. The van der Waals surface area contributed by atoms with Crippen molar-refractivity contribution in [3.8, 4) is 17.1 Å². The Balaban J connectivity index is 1.51. The molecule has 0 bridgehead atoms. The number of benzene rings is 1. The largest absolute Gasteiger partial charge is 0.497 e. The Morgan fingerprint density at radius 2 is 1.77 bits per heavy atom. The second-order valence-electron chi connectivity index (χ2n) is 6.13. The van der Waals surface area contributed by atoms with Crippen molar-refractivity contribution in [3.05, 3.63) is 30.2 Å². The Morgan fingerprint density at radius 3 is 2.38 bits per heavy atom. The molecule has 2 aromatic rings. The highest BCUT2D eigenvalue weighted by molar-refractivity contribution is 5.77. The van der Waals surface area contributed by atoms with Crippen molar-refractivity contribution in [1.82, 2.24) is 19.9 Å². The van der Waals surface area contributed by atoms with E-state index in [0.717, 1.165) is 11.3 Å². The molecule has 3 rings (SSSR count). The zero-order valence-corrected chi connectivity index (χ0v) is 15.0. The van der Waals surface area contributed by atoms with E-state index in [9.17, 15) is 9.59 Å². The fourth-order valence-electron chi connectivity index (χ4n) is 2.86. The lowest BCUT2D eigenvalue weighted by Crippen LogP contribution is -2.50. The summed E-state index contributed by atoms with van der Waals surface area (Å²) < 4.78 is 10.4. The van der Waals surface area contributed by atoms with Crippen LogP contribution in [0.5, 0.6) is 5.75 Å². The van der Waals surface area contributed by atoms with Crippen molar-refractivity contribution in [2.45, 2.75) is 19.8 Å². The molecule has 1 saturated heterocycles. The van der Waals surface area contributed by atoms with Crippen molar-refractivity contribution >= 4 is 11.8 Å². The Kier molecular flexibility index (Phi) is 5.50. The zero-order chi connectivity index (χ0) is 18.5. The third-order valence-corrected chi connectivity index (χ3v) is 4.45. The van der Waals surface area contributed by atoms with Crippen molar-refractivity contribution in [2.75, 3.05) is 33.3 Å². The third kappa shape index (κ3) is 4.19. The van der Waals surface area contributed by atoms with Crippen LogP contribution in [0, 0.1) is 0 Å². The van der Waals surface area contributed by atoms with E-state index in [1.165, 1.54) is 0 Å². The summed E-state index contributed by atoms with van der Waals surface area (Å²) in [6.07, 6.45) is 0.708. The Labute approximate surface area is 151 Å². The lowest BCUT2D eigenvalue weighted by molar-refractivity contribution is -0.138. The molecule has 1 aromatic carbocycles. The SMILES string of the molecule is COc1ccc(-c2noc(CCC(=O)N3CCN(C(C)=O)CC3)n2)cc1. The molecule has 1 aromatic heterocycles. The number of carbonyl (C=O) groups excluding carboxylic acids is 2. The average Bonchev–Trinajstić information content (AvgIpc) is 3.15. The van der Waals surface area contributed by atoms with Crippen molar-refractivity contribution in [3.63, 3.8) is 0 Å².